The number of nitrogens with one attached hydrogen (secondary N) is 1. The van der Waals surface area contributed by atoms with Gasteiger partial charge >= 0.3 is 0 Å². The molecular weight excluding hydrogens is 466 g/mol. The number of hydrogen-bond donors (Lipinski definition) is 1. The number of aromatic nitrogens is 3. The topological polar surface area (TPSA) is 123 Å². The number of likely N-dealkylation sites (N-methyl/N-ethyl adjacent to an activating group) is 1. The van der Waals surface area contributed by atoms with Gasteiger partial charge in [0.25, 0.3) is 0 Å². The highest BCUT2D eigenvalue weighted by Gasteiger charge is 2.29. The molecule has 0 spiro atoms. The predicted molar refractivity (Wildman–Crippen MR) is 126 cm³/mol. The maximum atomic E-state index is 12.8. The molecule has 10 nitrogen and oxygen atoms in total. The highest BCUT2D eigenvalue weighted by atomic mass is 32.2. The molecule has 180 valence electrons. The van der Waals surface area contributed by atoms with Gasteiger partial charge in [-0.15, -0.1) is 10.2 Å². The van der Waals surface area contributed by atoms with Crippen LogP contribution in [0.15, 0.2) is 29.4 Å². The second kappa shape index (κ2) is 11.0. The molecule has 1 atom stereocenters. The number of hydrogen-bond acceptors (Lipinski definition) is 8. The summed E-state index contributed by atoms with van der Waals surface area (Å²) in [5.41, 5.74) is 0.813. The summed E-state index contributed by atoms with van der Waals surface area (Å²) in [5, 5.41) is 11.9. The van der Waals surface area contributed by atoms with Crippen LogP contribution < -0.4 is 10.1 Å². The first-order chi connectivity index (χ1) is 15.8. The van der Waals surface area contributed by atoms with Crippen molar-refractivity contribution in [2.75, 3.05) is 37.5 Å². The third-order valence-corrected chi connectivity index (χ3v) is 8.09. The van der Waals surface area contributed by atoms with Crippen molar-refractivity contribution in [1.29, 1.82) is 0 Å². The second-order valence-electron chi connectivity index (χ2n) is 7.61. The summed E-state index contributed by atoms with van der Waals surface area (Å²) < 4.78 is 30.5. The first kappa shape index (κ1) is 25.0. The Kier molecular flexibility index (Phi) is 8.35. The van der Waals surface area contributed by atoms with Crippen molar-refractivity contribution in [1.82, 2.24) is 25.0 Å². The minimum Gasteiger partial charge on any atom is -0.496 e. The fourth-order valence-corrected chi connectivity index (χ4v) is 6.24. The van der Waals surface area contributed by atoms with E-state index in [1.807, 2.05) is 35.8 Å². The zero-order chi connectivity index (χ0) is 24.0. The van der Waals surface area contributed by atoms with Crippen LogP contribution in [0, 0.1) is 0 Å². The molecule has 2 heterocycles. The summed E-state index contributed by atoms with van der Waals surface area (Å²) in [7, 11) is -1.48. The monoisotopic (exact) mass is 495 g/mol. The number of thioether (sulfide) groups is 1. The lowest BCUT2D eigenvalue weighted by Crippen LogP contribution is -2.45. The number of para-hydroxylation sites is 1. The van der Waals surface area contributed by atoms with Gasteiger partial charge in [0.15, 0.2) is 20.8 Å². The highest BCUT2D eigenvalue weighted by molar-refractivity contribution is 7.99. The molecule has 1 aromatic heterocycles. The van der Waals surface area contributed by atoms with Crippen molar-refractivity contribution < 1.29 is 22.7 Å². The fourth-order valence-electron chi connectivity index (χ4n) is 3.66. The molecule has 1 aliphatic heterocycles. The Morgan fingerprint density at radius 1 is 1.27 bits per heavy atom. The molecule has 2 amide bonds. The van der Waals surface area contributed by atoms with Crippen LogP contribution in [0.25, 0.3) is 11.4 Å². The molecule has 1 aliphatic rings. The second-order valence-corrected chi connectivity index (χ2v) is 10.8. The normalized spacial score (nSPS) is 17.0. The number of carbonyl (C=O) groups is 2. The molecule has 1 unspecified atom stereocenters. The number of rotatable bonds is 10. The van der Waals surface area contributed by atoms with Crippen LogP contribution in [-0.4, -0.2) is 83.4 Å². The van der Waals surface area contributed by atoms with Crippen LogP contribution in [-0.2, 0) is 26.0 Å². The van der Waals surface area contributed by atoms with Gasteiger partial charge in [-0.2, -0.15) is 0 Å². The third kappa shape index (κ3) is 6.26. The summed E-state index contributed by atoms with van der Waals surface area (Å²) in [6, 6.07) is 7.15. The van der Waals surface area contributed by atoms with Crippen molar-refractivity contribution in [2.45, 2.75) is 38.0 Å². The van der Waals surface area contributed by atoms with Crippen LogP contribution in [0.4, 0.5) is 0 Å². The number of methoxy groups -OCH3 is 1. The van der Waals surface area contributed by atoms with Gasteiger partial charge in [0.2, 0.25) is 11.8 Å². The third-order valence-electron chi connectivity index (χ3n) is 5.37. The number of carbonyl (C=O) groups excluding carboxylic acids is 2. The largest absolute Gasteiger partial charge is 0.496 e. The molecule has 0 saturated carbocycles. The summed E-state index contributed by atoms with van der Waals surface area (Å²) in [5.74, 6) is 0.918. The van der Waals surface area contributed by atoms with E-state index >= 15 is 0 Å². The molecule has 0 radical (unpaired) electrons. The zero-order valence-corrected chi connectivity index (χ0v) is 20.6. The first-order valence-electron chi connectivity index (χ1n) is 10.7. The number of nitrogens with zero attached hydrogens (tertiary/aromatic N) is 4. The molecule has 33 heavy (non-hydrogen) atoms. The van der Waals surface area contributed by atoms with Crippen molar-refractivity contribution in [3.05, 3.63) is 24.3 Å². The Bertz CT molecular complexity index is 1100. The van der Waals surface area contributed by atoms with Gasteiger partial charge in [-0.3, -0.25) is 9.59 Å². The maximum Gasteiger partial charge on any atom is 0.239 e. The minimum absolute atomic E-state index is 0.0458. The Hall–Kier alpha value is -2.60. The average Bonchev–Trinajstić information content (AvgIpc) is 3.37. The summed E-state index contributed by atoms with van der Waals surface area (Å²) >= 11 is 1.26. The van der Waals surface area contributed by atoms with Gasteiger partial charge in [-0.25, -0.2) is 8.42 Å². The van der Waals surface area contributed by atoms with E-state index in [1.165, 1.54) is 16.7 Å². The maximum absolute atomic E-state index is 12.8. The van der Waals surface area contributed by atoms with Crippen LogP contribution in [0.3, 0.4) is 0 Å². The van der Waals surface area contributed by atoms with E-state index in [1.54, 1.807) is 14.0 Å². The van der Waals surface area contributed by atoms with Gasteiger partial charge < -0.3 is 19.5 Å². The minimum atomic E-state index is -3.08. The summed E-state index contributed by atoms with van der Waals surface area (Å²) in [6.45, 7) is 4.63. The molecule has 1 aromatic carbocycles. The average molecular weight is 496 g/mol. The van der Waals surface area contributed by atoms with E-state index < -0.39 is 9.84 Å². The van der Waals surface area contributed by atoms with E-state index in [-0.39, 0.29) is 41.7 Å². The van der Waals surface area contributed by atoms with Gasteiger partial charge in [-0.05, 0) is 32.4 Å². The van der Waals surface area contributed by atoms with Gasteiger partial charge in [0.05, 0.1) is 36.5 Å². The Morgan fingerprint density at radius 3 is 2.67 bits per heavy atom. The van der Waals surface area contributed by atoms with Crippen molar-refractivity contribution in [2.24, 2.45) is 0 Å². The SMILES string of the molecule is CCN(CC(=O)NC1CCS(=O)(=O)C1)C(=O)CSc1nnc(-c2ccccc2OC)n1CC. The van der Waals surface area contributed by atoms with Gasteiger partial charge in [0, 0.05) is 19.1 Å². The lowest BCUT2D eigenvalue weighted by Gasteiger charge is -2.21. The van der Waals surface area contributed by atoms with Crippen LogP contribution in [0.1, 0.15) is 20.3 Å². The van der Waals surface area contributed by atoms with Crippen LogP contribution in [0.5, 0.6) is 5.75 Å². The van der Waals surface area contributed by atoms with Gasteiger partial charge in [-0.1, -0.05) is 23.9 Å². The lowest BCUT2D eigenvalue weighted by atomic mass is 10.2. The highest BCUT2D eigenvalue weighted by Crippen LogP contribution is 2.30. The quantitative estimate of drug-likeness (QED) is 0.488. The molecule has 1 N–H and O–H groups in total. The molecule has 12 heteroatoms. The van der Waals surface area contributed by atoms with Crippen molar-refractivity contribution in [3.63, 3.8) is 0 Å². The summed E-state index contributed by atoms with van der Waals surface area (Å²) in [6.07, 6.45) is 0.408. The van der Waals surface area contributed by atoms with Crippen molar-refractivity contribution in [3.8, 4) is 17.1 Å². The van der Waals surface area contributed by atoms with Crippen LogP contribution in [0.2, 0.25) is 0 Å². The molecule has 0 bridgehead atoms. The molecule has 1 saturated heterocycles. The molecule has 0 aliphatic carbocycles. The first-order valence-corrected chi connectivity index (χ1v) is 13.6. The van der Waals surface area contributed by atoms with E-state index in [9.17, 15) is 18.0 Å². The fraction of sp³-hybridized carbons (Fsp3) is 0.524. The Labute approximate surface area is 198 Å². The number of ether oxygens (including phenoxy) is 1. The van der Waals surface area contributed by atoms with E-state index in [2.05, 4.69) is 15.5 Å². The van der Waals surface area contributed by atoms with E-state index in [0.29, 0.717) is 36.2 Å². The van der Waals surface area contributed by atoms with E-state index in [0.717, 1.165) is 5.56 Å². The number of sulfone groups is 1. The standard InChI is InChI=1S/C21H29N5O5S2/c1-4-25(12-18(27)22-15-10-11-33(29,30)14-15)19(28)13-32-21-24-23-20(26(21)5-2)16-8-6-7-9-17(16)31-3/h6-9,15H,4-5,10-14H2,1-3H3,(H,22,27). The summed E-state index contributed by atoms with van der Waals surface area (Å²) in [4.78, 5) is 26.5. The molecule has 1 fully saturated rings. The smallest absolute Gasteiger partial charge is 0.239 e. The van der Waals surface area contributed by atoms with Crippen molar-refractivity contribution >= 4 is 33.4 Å². The zero-order valence-electron chi connectivity index (χ0n) is 19.0. The number of amides is 2. The Balaban J connectivity index is 1.61. The van der Waals surface area contributed by atoms with Crippen LogP contribution >= 0.6 is 11.8 Å². The Morgan fingerprint density at radius 2 is 2.03 bits per heavy atom. The molecule has 3 rings (SSSR count). The van der Waals surface area contributed by atoms with E-state index in [4.69, 9.17) is 4.74 Å². The molecular formula is C21H29N5O5S2. The number of benzene rings is 1. The lowest BCUT2D eigenvalue weighted by molar-refractivity contribution is -0.134. The van der Waals surface area contributed by atoms with Gasteiger partial charge in [0.1, 0.15) is 5.75 Å². The predicted octanol–water partition coefficient (Wildman–Crippen LogP) is 1.22. The molecule has 2 aromatic rings.